The summed E-state index contributed by atoms with van der Waals surface area (Å²) in [7, 11) is 3.01. The van der Waals surface area contributed by atoms with Gasteiger partial charge in [0, 0.05) is 19.3 Å². The second-order valence-electron chi connectivity index (χ2n) is 7.41. The lowest BCUT2D eigenvalue weighted by atomic mass is 10.1. The SMILES string of the molecule is CCOC(=O)c1ccc(NC(=O)CC2C(=O)N(c3ccc(OC)cc3)C(=O)N2CCOC)cc1. The van der Waals surface area contributed by atoms with Gasteiger partial charge in [-0.15, -0.1) is 0 Å². The minimum atomic E-state index is -0.983. The fourth-order valence-corrected chi connectivity index (χ4v) is 3.54. The Morgan fingerprint density at radius 3 is 2.26 bits per heavy atom. The molecular formula is C24H27N3O7. The van der Waals surface area contributed by atoms with Crippen molar-refractivity contribution in [1.82, 2.24) is 4.90 Å². The molecule has 2 aromatic carbocycles. The van der Waals surface area contributed by atoms with Gasteiger partial charge in [0.1, 0.15) is 11.8 Å². The maximum atomic E-state index is 13.2. The number of nitrogens with one attached hydrogen (secondary N) is 1. The molecule has 10 nitrogen and oxygen atoms in total. The Morgan fingerprint density at radius 1 is 1.00 bits per heavy atom. The van der Waals surface area contributed by atoms with E-state index in [2.05, 4.69) is 5.32 Å². The molecule has 0 spiro atoms. The number of amides is 4. The van der Waals surface area contributed by atoms with E-state index in [9.17, 15) is 19.2 Å². The average molecular weight is 469 g/mol. The van der Waals surface area contributed by atoms with Crippen LogP contribution >= 0.6 is 0 Å². The Bertz CT molecular complexity index is 1040. The van der Waals surface area contributed by atoms with Gasteiger partial charge in [0.15, 0.2) is 0 Å². The van der Waals surface area contributed by atoms with Gasteiger partial charge in [-0.2, -0.15) is 0 Å². The second-order valence-corrected chi connectivity index (χ2v) is 7.41. The van der Waals surface area contributed by atoms with Crippen LogP contribution in [0, 0.1) is 0 Å². The molecule has 0 bridgehead atoms. The van der Waals surface area contributed by atoms with Crippen molar-refractivity contribution < 1.29 is 33.4 Å². The minimum absolute atomic E-state index is 0.153. The Kier molecular flexibility index (Phi) is 8.20. The minimum Gasteiger partial charge on any atom is -0.497 e. The topological polar surface area (TPSA) is 114 Å². The number of carbonyl (C=O) groups is 4. The van der Waals surface area contributed by atoms with E-state index < -0.39 is 29.9 Å². The third-order valence-corrected chi connectivity index (χ3v) is 5.24. The molecule has 1 aliphatic rings. The van der Waals surface area contributed by atoms with E-state index in [0.717, 1.165) is 4.90 Å². The zero-order valence-electron chi connectivity index (χ0n) is 19.3. The summed E-state index contributed by atoms with van der Waals surface area (Å²) in [5.41, 5.74) is 1.19. The first-order valence-electron chi connectivity index (χ1n) is 10.7. The first-order valence-corrected chi connectivity index (χ1v) is 10.7. The predicted octanol–water partition coefficient (Wildman–Crippen LogP) is 2.68. The van der Waals surface area contributed by atoms with Crippen LogP contribution in [0.15, 0.2) is 48.5 Å². The quantitative estimate of drug-likeness (QED) is 0.420. The van der Waals surface area contributed by atoms with E-state index >= 15 is 0 Å². The molecule has 0 radical (unpaired) electrons. The van der Waals surface area contributed by atoms with Crippen LogP contribution in [0.25, 0.3) is 0 Å². The maximum absolute atomic E-state index is 13.2. The van der Waals surface area contributed by atoms with Gasteiger partial charge in [-0.05, 0) is 55.5 Å². The van der Waals surface area contributed by atoms with E-state index in [1.165, 1.54) is 31.3 Å². The van der Waals surface area contributed by atoms with Crippen molar-refractivity contribution in [3.05, 3.63) is 54.1 Å². The lowest BCUT2D eigenvalue weighted by Crippen LogP contribution is -2.39. The number of hydrogen-bond acceptors (Lipinski definition) is 7. The summed E-state index contributed by atoms with van der Waals surface area (Å²) in [6, 6.07) is 11.2. The van der Waals surface area contributed by atoms with Crippen LogP contribution in [0.4, 0.5) is 16.2 Å². The van der Waals surface area contributed by atoms with Crippen LogP contribution < -0.4 is 15.0 Å². The Labute approximate surface area is 197 Å². The molecule has 0 aliphatic carbocycles. The highest BCUT2D eigenvalue weighted by molar-refractivity contribution is 6.22. The molecule has 34 heavy (non-hydrogen) atoms. The van der Waals surface area contributed by atoms with Gasteiger partial charge in [0.25, 0.3) is 5.91 Å². The van der Waals surface area contributed by atoms with Crippen LogP contribution in [0.3, 0.4) is 0 Å². The summed E-state index contributed by atoms with van der Waals surface area (Å²) < 4.78 is 15.1. The van der Waals surface area contributed by atoms with Gasteiger partial charge in [0.05, 0.1) is 38.0 Å². The summed E-state index contributed by atoms with van der Waals surface area (Å²) in [5.74, 6) is -0.819. The molecule has 1 saturated heterocycles. The van der Waals surface area contributed by atoms with Crippen LogP contribution in [0.1, 0.15) is 23.7 Å². The number of urea groups is 1. The molecule has 1 N–H and O–H groups in total. The molecular weight excluding hydrogens is 442 g/mol. The van der Waals surface area contributed by atoms with Gasteiger partial charge >= 0.3 is 12.0 Å². The first kappa shape index (κ1) is 24.7. The Balaban J connectivity index is 1.73. The highest BCUT2D eigenvalue weighted by Crippen LogP contribution is 2.28. The third-order valence-electron chi connectivity index (χ3n) is 5.24. The number of methoxy groups -OCH3 is 2. The molecule has 0 saturated carbocycles. The van der Waals surface area contributed by atoms with E-state index in [1.54, 1.807) is 43.3 Å². The number of hydrogen-bond donors (Lipinski definition) is 1. The highest BCUT2D eigenvalue weighted by atomic mass is 16.5. The van der Waals surface area contributed by atoms with Crippen LogP contribution in [-0.2, 0) is 19.1 Å². The van der Waals surface area contributed by atoms with Gasteiger partial charge in [-0.1, -0.05) is 0 Å². The molecule has 0 aromatic heterocycles. The van der Waals surface area contributed by atoms with E-state index in [4.69, 9.17) is 14.2 Å². The van der Waals surface area contributed by atoms with E-state index in [-0.39, 0.29) is 26.2 Å². The Morgan fingerprint density at radius 2 is 1.68 bits per heavy atom. The molecule has 1 aliphatic heterocycles. The van der Waals surface area contributed by atoms with Gasteiger partial charge < -0.3 is 24.4 Å². The Hall–Kier alpha value is -3.92. The van der Waals surface area contributed by atoms with Crippen molar-refractivity contribution in [2.45, 2.75) is 19.4 Å². The van der Waals surface area contributed by atoms with Crippen molar-refractivity contribution in [3.8, 4) is 5.75 Å². The number of rotatable bonds is 10. The van der Waals surface area contributed by atoms with E-state index in [1.807, 2.05) is 0 Å². The fourth-order valence-electron chi connectivity index (χ4n) is 3.54. The lowest BCUT2D eigenvalue weighted by molar-refractivity contribution is -0.124. The van der Waals surface area contributed by atoms with Gasteiger partial charge in [-0.3, -0.25) is 9.59 Å². The second kappa shape index (κ2) is 11.3. The average Bonchev–Trinajstić information content (AvgIpc) is 3.06. The molecule has 10 heteroatoms. The molecule has 4 amide bonds. The molecule has 1 unspecified atom stereocenters. The number of carbonyl (C=O) groups excluding carboxylic acids is 4. The molecule has 180 valence electrons. The zero-order chi connectivity index (χ0) is 24.7. The maximum Gasteiger partial charge on any atom is 0.338 e. The lowest BCUT2D eigenvalue weighted by Gasteiger charge is -2.21. The zero-order valence-corrected chi connectivity index (χ0v) is 19.3. The number of ether oxygens (including phenoxy) is 3. The van der Waals surface area contributed by atoms with Crippen molar-refractivity contribution >= 4 is 35.2 Å². The van der Waals surface area contributed by atoms with Gasteiger partial charge in [-0.25, -0.2) is 14.5 Å². The monoisotopic (exact) mass is 469 g/mol. The third kappa shape index (κ3) is 5.52. The smallest absolute Gasteiger partial charge is 0.338 e. The number of imide groups is 1. The number of esters is 1. The summed E-state index contributed by atoms with van der Waals surface area (Å²) in [6.45, 7) is 2.34. The van der Waals surface area contributed by atoms with E-state index in [0.29, 0.717) is 22.7 Å². The predicted molar refractivity (Wildman–Crippen MR) is 124 cm³/mol. The van der Waals surface area contributed by atoms with Crippen LogP contribution in [0.2, 0.25) is 0 Å². The van der Waals surface area contributed by atoms with Crippen LogP contribution in [-0.4, -0.2) is 68.7 Å². The fraction of sp³-hybridized carbons (Fsp3) is 0.333. The van der Waals surface area contributed by atoms with Crippen LogP contribution in [0.5, 0.6) is 5.75 Å². The molecule has 1 atom stereocenters. The highest BCUT2D eigenvalue weighted by Gasteiger charge is 2.46. The molecule has 3 rings (SSSR count). The van der Waals surface area contributed by atoms with Crippen molar-refractivity contribution in [2.24, 2.45) is 0 Å². The molecule has 1 heterocycles. The normalized spacial score (nSPS) is 15.4. The van der Waals surface area contributed by atoms with Crippen molar-refractivity contribution in [3.63, 3.8) is 0 Å². The number of nitrogens with zero attached hydrogens (tertiary/aromatic N) is 2. The molecule has 1 fully saturated rings. The van der Waals surface area contributed by atoms with Gasteiger partial charge in [0.2, 0.25) is 5.91 Å². The number of anilines is 2. The summed E-state index contributed by atoms with van der Waals surface area (Å²) in [4.78, 5) is 53.1. The molecule has 2 aromatic rings. The summed E-state index contributed by atoms with van der Waals surface area (Å²) in [5, 5.41) is 2.70. The summed E-state index contributed by atoms with van der Waals surface area (Å²) in [6.07, 6.45) is -0.236. The largest absolute Gasteiger partial charge is 0.497 e. The van der Waals surface area contributed by atoms with Crippen molar-refractivity contribution in [1.29, 1.82) is 0 Å². The standard InChI is InChI=1S/C24H27N3O7/c1-4-34-23(30)16-5-7-17(8-6-16)25-21(28)15-20-22(29)27(24(31)26(20)13-14-32-2)18-9-11-19(33-3)12-10-18/h5-12,20H,4,13-15H2,1-3H3,(H,25,28). The first-order chi connectivity index (χ1) is 16.4. The van der Waals surface area contributed by atoms with Crippen molar-refractivity contribution in [2.75, 3.05) is 44.2 Å². The summed E-state index contributed by atoms with van der Waals surface area (Å²) >= 11 is 0. The number of benzene rings is 2.